The molecule has 0 spiro atoms. The maximum absolute atomic E-state index is 5.74. The normalized spacial score (nSPS) is 12.7. The Bertz CT molecular complexity index is 286. The van der Waals surface area contributed by atoms with Crippen molar-refractivity contribution < 1.29 is 4.74 Å². The highest BCUT2D eigenvalue weighted by Crippen LogP contribution is 2.09. The molecule has 0 bridgehead atoms. The quantitative estimate of drug-likeness (QED) is 0.683. The van der Waals surface area contributed by atoms with Gasteiger partial charge in [0, 0.05) is 12.6 Å². The monoisotopic (exact) mass is 235 g/mol. The van der Waals surface area contributed by atoms with E-state index in [-0.39, 0.29) is 0 Å². The van der Waals surface area contributed by atoms with Gasteiger partial charge in [-0.25, -0.2) is 0 Å². The highest BCUT2D eigenvalue weighted by atomic mass is 16.5. The topological polar surface area (TPSA) is 12.5 Å². The zero-order chi connectivity index (χ0) is 12.5. The summed E-state index contributed by atoms with van der Waals surface area (Å²) in [5.41, 5.74) is 0. The Morgan fingerprint density at radius 3 is 2.41 bits per heavy atom. The van der Waals surface area contributed by atoms with E-state index in [0.29, 0.717) is 6.04 Å². The lowest BCUT2D eigenvalue weighted by Gasteiger charge is -2.27. The molecule has 1 aromatic carbocycles. The molecule has 1 aromatic rings. The Balaban J connectivity index is 2.32. The predicted molar refractivity (Wildman–Crippen MR) is 73.6 cm³/mol. The molecule has 0 aliphatic heterocycles. The summed E-state index contributed by atoms with van der Waals surface area (Å²) in [4.78, 5) is 2.50. The maximum Gasteiger partial charge on any atom is 0.119 e. The molecule has 0 saturated carbocycles. The lowest BCUT2D eigenvalue weighted by atomic mass is 10.2. The van der Waals surface area contributed by atoms with Gasteiger partial charge < -0.3 is 4.74 Å². The molecule has 2 nitrogen and oxygen atoms in total. The van der Waals surface area contributed by atoms with Crippen molar-refractivity contribution in [3.05, 3.63) is 30.3 Å². The van der Waals surface area contributed by atoms with E-state index in [1.165, 1.54) is 12.8 Å². The van der Waals surface area contributed by atoms with Gasteiger partial charge in [0.15, 0.2) is 0 Å². The van der Waals surface area contributed by atoms with Crippen LogP contribution in [0.4, 0.5) is 0 Å². The fourth-order valence-corrected chi connectivity index (χ4v) is 1.90. The number of nitrogens with zero attached hydrogens (tertiary/aromatic N) is 1. The number of para-hydroxylation sites is 1. The van der Waals surface area contributed by atoms with E-state index in [2.05, 4.69) is 25.7 Å². The van der Waals surface area contributed by atoms with Crippen molar-refractivity contribution in [1.29, 1.82) is 0 Å². The summed E-state index contributed by atoms with van der Waals surface area (Å²) in [6.07, 6.45) is 2.40. The van der Waals surface area contributed by atoms with Crippen molar-refractivity contribution in [3.63, 3.8) is 0 Å². The van der Waals surface area contributed by atoms with Gasteiger partial charge >= 0.3 is 0 Å². The van der Waals surface area contributed by atoms with Crippen LogP contribution in [0.3, 0.4) is 0 Å². The summed E-state index contributed by atoms with van der Waals surface area (Å²) in [6, 6.07) is 10.7. The molecular formula is C15H25NO. The molecule has 0 fully saturated rings. The highest BCUT2D eigenvalue weighted by molar-refractivity contribution is 5.20. The maximum atomic E-state index is 5.74. The Morgan fingerprint density at radius 2 is 1.82 bits per heavy atom. The van der Waals surface area contributed by atoms with E-state index in [9.17, 15) is 0 Å². The molecule has 0 saturated heterocycles. The molecule has 17 heavy (non-hydrogen) atoms. The van der Waals surface area contributed by atoms with Crippen molar-refractivity contribution in [2.75, 3.05) is 19.7 Å². The van der Waals surface area contributed by atoms with Gasteiger partial charge in [-0.1, -0.05) is 32.0 Å². The smallest absolute Gasteiger partial charge is 0.119 e. The first-order valence-corrected chi connectivity index (χ1v) is 6.69. The van der Waals surface area contributed by atoms with Crippen molar-refractivity contribution >= 4 is 0 Å². The molecule has 96 valence electrons. The third kappa shape index (κ3) is 5.22. The minimum absolute atomic E-state index is 0.648. The van der Waals surface area contributed by atoms with E-state index >= 15 is 0 Å². The first kappa shape index (κ1) is 14.0. The first-order chi connectivity index (χ1) is 8.27. The van der Waals surface area contributed by atoms with Gasteiger partial charge in [0.05, 0.1) is 0 Å². The van der Waals surface area contributed by atoms with Crippen molar-refractivity contribution in [3.8, 4) is 5.75 Å². The third-order valence-electron chi connectivity index (χ3n) is 3.12. The van der Waals surface area contributed by atoms with E-state index in [1.54, 1.807) is 0 Å². The average molecular weight is 235 g/mol. The molecule has 0 radical (unpaired) electrons. The summed E-state index contributed by atoms with van der Waals surface area (Å²) < 4.78 is 5.74. The highest BCUT2D eigenvalue weighted by Gasteiger charge is 2.10. The van der Waals surface area contributed by atoms with Gasteiger partial charge in [0.25, 0.3) is 0 Å². The minimum Gasteiger partial charge on any atom is -0.492 e. The summed E-state index contributed by atoms with van der Waals surface area (Å²) in [5, 5.41) is 0. The van der Waals surface area contributed by atoms with Crippen LogP contribution in [-0.4, -0.2) is 30.6 Å². The van der Waals surface area contributed by atoms with E-state index in [0.717, 1.165) is 25.4 Å². The summed E-state index contributed by atoms with van der Waals surface area (Å²) >= 11 is 0. The first-order valence-electron chi connectivity index (χ1n) is 6.69. The van der Waals surface area contributed by atoms with Crippen molar-refractivity contribution in [1.82, 2.24) is 4.90 Å². The van der Waals surface area contributed by atoms with Crippen LogP contribution in [-0.2, 0) is 0 Å². The van der Waals surface area contributed by atoms with E-state index in [4.69, 9.17) is 4.74 Å². The molecule has 1 atom stereocenters. The fourth-order valence-electron chi connectivity index (χ4n) is 1.90. The molecular weight excluding hydrogens is 210 g/mol. The predicted octanol–water partition coefficient (Wildman–Crippen LogP) is 3.58. The second-order valence-electron chi connectivity index (χ2n) is 4.45. The molecule has 1 rings (SSSR count). The Hall–Kier alpha value is -1.02. The molecule has 0 heterocycles. The molecule has 0 aromatic heterocycles. The Kier molecular flexibility index (Phi) is 6.71. The van der Waals surface area contributed by atoms with Crippen LogP contribution in [0.5, 0.6) is 5.75 Å². The van der Waals surface area contributed by atoms with Crippen molar-refractivity contribution in [2.45, 2.75) is 39.7 Å². The number of benzene rings is 1. The molecule has 0 amide bonds. The summed E-state index contributed by atoms with van der Waals surface area (Å²) in [7, 11) is 0. The summed E-state index contributed by atoms with van der Waals surface area (Å²) in [5.74, 6) is 0.966. The molecule has 2 heteroatoms. The second kappa shape index (κ2) is 8.13. The van der Waals surface area contributed by atoms with Gasteiger partial charge in [-0.3, -0.25) is 4.90 Å². The van der Waals surface area contributed by atoms with Gasteiger partial charge in [-0.05, 0) is 38.4 Å². The Labute approximate surface area is 106 Å². The fraction of sp³-hybridized carbons (Fsp3) is 0.600. The number of hydrogen-bond donors (Lipinski definition) is 0. The summed E-state index contributed by atoms with van der Waals surface area (Å²) in [6.45, 7) is 9.70. The zero-order valence-electron chi connectivity index (χ0n) is 11.4. The van der Waals surface area contributed by atoms with Crippen LogP contribution in [0, 0.1) is 0 Å². The largest absolute Gasteiger partial charge is 0.492 e. The average Bonchev–Trinajstić information content (AvgIpc) is 2.38. The standard InChI is InChI=1S/C15H25NO/c1-4-11-16(14(3)5-2)12-13-17-15-9-7-6-8-10-15/h6-10,14H,4-5,11-13H2,1-3H3. The number of hydrogen-bond acceptors (Lipinski definition) is 2. The van der Waals surface area contributed by atoms with Gasteiger partial charge in [0.2, 0.25) is 0 Å². The Morgan fingerprint density at radius 1 is 1.12 bits per heavy atom. The van der Waals surface area contributed by atoms with E-state index in [1.807, 2.05) is 30.3 Å². The van der Waals surface area contributed by atoms with Crippen LogP contribution in [0.1, 0.15) is 33.6 Å². The van der Waals surface area contributed by atoms with E-state index < -0.39 is 0 Å². The van der Waals surface area contributed by atoms with Crippen LogP contribution in [0.15, 0.2) is 30.3 Å². The van der Waals surface area contributed by atoms with Crippen LogP contribution in [0.25, 0.3) is 0 Å². The second-order valence-corrected chi connectivity index (χ2v) is 4.45. The van der Waals surface area contributed by atoms with Crippen LogP contribution in [0.2, 0.25) is 0 Å². The molecule has 0 N–H and O–H groups in total. The van der Waals surface area contributed by atoms with Crippen molar-refractivity contribution in [2.24, 2.45) is 0 Å². The molecule has 1 unspecified atom stereocenters. The van der Waals surface area contributed by atoms with Crippen LogP contribution < -0.4 is 4.74 Å². The van der Waals surface area contributed by atoms with Gasteiger partial charge in [-0.2, -0.15) is 0 Å². The van der Waals surface area contributed by atoms with Gasteiger partial charge in [-0.15, -0.1) is 0 Å². The number of rotatable bonds is 8. The molecule has 0 aliphatic rings. The lowest BCUT2D eigenvalue weighted by molar-refractivity contribution is 0.164. The minimum atomic E-state index is 0.648. The SMILES string of the molecule is CCCN(CCOc1ccccc1)C(C)CC. The number of ether oxygens (including phenoxy) is 1. The molecule has 0 aliphatic carbocycles. The van der Waals surface area contributed by atoms with Gasteiger partial charge in [0.1, 0.15) is 12.4 Å². The van der Waals surface area contributed by atoms with Crippen LogP contribution >= 0.6 is 0 Å². The lowest BCUT2D eigenvalue weighted by Crippen LogP contribution is -2.36. The zero-order valence-corrected chi connectivity index (χ0v) is 11.4. The third-order valence-corrected chi connectivity index (χ3v) is 3.12.